The van der Waals surface area contributed by atoms with Crippen molar-refractivity contribution in [2.45, 2.75) is 38.3 Å². The molecular formula is C22H24F3N. The molecule has 0 spiro atoms. The summed E-state index contributed by atoms with van der Waals surface area (Å²) in [4.78, 5) is 3.92. The zero-order valence-corrected chi connectivity index (χ0v) is 14.9. The van der Waals surface area contributed by atoms with Crippen molar-refractivity contribution >= 4 is 12.3 Å². The molecule has 138 valence electrons. The van der Waals surface area contributed by atoms with E-state index in [1.54, 1.807) is 0 Å². The van der Waals surface area contributed by atoms with Gasteiger partial charge in [-0.15, -0.1) is 0 Å². The lowest BCUT2D eigenvalue weighted by Crippen LogP contribution is -2.13. The summed E-state index contributed by atoms with van der Waals surface area (Å²) in [5, 5.41) is 0. The summed E-state index contributed by atoms with van der Waals surface area (Å²) in [6.07, 6.45) is 5.56. The lowest BCUT2D eigenvalue weighted by atomic mass is 9.90. The zero-order valence-electron chi connectivity index (χ0n) is 14.9. The van der Waals surface area contributed by atoms with E-state index in [9.17, 15) is 13.2 Å². The lowest BCUT2D eigenvalue weighted by molar-refractivity contribution is -0.0855. The average molecular weight is 359 g/mol. The molecule has 0 aliphatic heterocycles. The number of benzene rings is 1. The molecule has 1 aromatic rings. The Labute approximate surface area is 153 Å². The van der Waals surface area contributed by atoms with Gasteiger partial charge in [-0.2, -0.15) is 13.2 Å². The zero-order chi connectivity index (χ0) is 19.0. The monoisotopic (exact) mass is 359 g/mol. The second-order valence-electron chi connectivity index (χ2n) is 6.44. The second kappa shape index (κ2) is 9.37. The van der Waals surface area contributed by atoms with E-state index >= 15 is 0 Å². The maximum Gasteiger partial charge on any atom is 0.417 e. The van der Waals surface area contributed by atoms with Crippen LogP contribution in [0.25, 0.3) is 6.08 Å². The van der Waals surface area contributed by atoms with Crippen LogP contribution < -0.4 is 0 Å². The Kier molecular flexibility index (Phi) is 7.19. The van der Waals surface area contributed by atoms with Crippen LogP contribution in [0.2, 0.25) is 0 Å². The highest BCUT2D eigenvalue weighted by molar-refractivity contribution is 5.80. The fourth-order valence-corrected chi connectivity index (χ4v) is 2.84. The number of rotatable bonds is 6. The number of halogens is 3. The van der Waals surface area contributed by atoms with Gasteiger partial charge in [-0.25, -0.2) is 0 Å². The Hall–Kier alpha value is -2.36. The first-order chi connectivity index (χ1) is 12.4. The van der Waals surface area contributed by atoms with Gasteiger partial charge in [0.1, 0.15) is 0 Å². The fraction of sp³-hybridized carbons (Fsp3) is 0.318. The van der Waals surface area contributed by atoms with Crippen LogP contribution >= 0.6 is 0 Å². The van der Waals surface area contributed by atoms with Crippen molar-refractivity contribution in [2.75, 3.05) is 6.54 Å². The van der Waals surface area contributed by atoms with Gasteiger partial charge in [0.2, 0.25) is 0 Å². The van der Waals surface area contributed by atoms with E-state index in [1.807, 2.05) is 12.1 Å². The number of hydrogen-bond acceptors (Lipinski definition) is 1. The summed E-state index contributed by atoms with van der Waals surface area (Å²) in [7, 11) is 0. The van der Waals surface area contributed by atoms with Gasteiger partial charge in [0.05, 0.1) is 5.57 Å². The van der Waals surface area contributed by atoms with Crippen LogP contribution in [0.1, 0.15) is 36.8 Å². The van der Waals surface area contributed by atoms with Crippen LogP contribution in [-0.4, -0.2) is 18.9 Å². The number of allylic oxidation sites excluding steroid dienone is 5. The van der Waals surface area contributed by atoms with Crippen LogP contribution in [0.15, 0.2) is 71.3 Å². The molecule has 1 nitrogen and oxygen atoms in total. The number of hydrogen-bond donors (Lipinski definition) is 0. The van der Waals surface area contributed by atoms with Crippen LogP contribution in [-0.2, 0) is 6.42 Å². The van der Waals surface area contributed by atoms with Crippen molar-refractivity contribution < 1.29 is 13.2 Å². The van der Waals surface area contributed by atoms with Gasteiger partial charge in [0.15, 0.2) is 0 Å². The molecule has 1 saturated carbocycles. The molecule has 1 aliphatic rings. The van der Waals surface area contributed by atoms with E-state index in [0.29, 0.717) is 13.0 Å². The minimum Gasteiger partial charge on any atom is -0.292 e. The third-order valence-corrected chi connectivity index (χ3v) is 4.31. The molecule has 1 aromatic carbocycles. The molecule has 0 bridgehead atoms. The smallest absolute Gasteiger partial charge is 0.292 e. The summed E-state index contributed by atoms with van der Waals surface area (Å²) in [6.45, 7) is 7.64. The molecular weight excluding hydrogens is 335 g/mol. The van der Waals surface area contributed by atoms with Gasteiger partial charge < -0.3 is 0 Å². The lowest BCUT2D eigenvalue weighted by Gasteiger charge is -2.16. The quantitative estimate of drug-likeness (QED) is 0.313. The van der Waals surface area contributed by atoms with E-state index < -0.39 is 11.7 Å². The summed E-state index contributed by atoms with van der Waals surface area (Å²) in [5.74, 6) is 0. The van der Waals surface area contributed by atoms with E-state index in [4.69, 9.17) is 0 Å². The van der Waals surface area contributed by atoms with Crippen LogP contribution in [0.4, 0.5) is 13.2 Å². The Bertz CT molecular complexity index is 724. The summed E-state index contributed by atoms with van der Waals surface area (Å²) in [6, 6.07) is 8.09. The molecule has 0 saturated heterocycles. The Morgan fingerprint density at radius 1 is 1.15 bits per heavy atom. The van der Waals surface area contributed by atoms with Crippen molar-refractivity contribution in [2.24, 2.45) is 4.99 Å². The number of aliphatic imine (C=N–C) groups is 1. The van der Waals surface area contributed by atoms with Crippen molar-refractivity contribution in [3.63, 3.8) is 0 Å². The average Bonchev–Trinajstić information content (AvgIpc) is 2.59. The van der Waals surface area contributed by atoms with E-state index in [0.717, 1.165) is 55.2 Å². The third-order valence-electron chi connectivity index (χ3n) is 4.31. The Morgan fingerprint density at radius 2 is 1.88 bits per heavy atom. The molecule has 0 heterocycles. The van der Waals surface area contributed by atoms with Crippen molar-refractivity contribution in [3.05, 3.63) is 77.4 Å². The van der Waals surface area contributed by atoms with Crippen LogP contribution in [0.3, 0.4) is 0 Å². The molecule has 4 heteroatoms. The highest BCUT2D eigenvalue weighted by atomic mass is 19.4. The predicted molar refractivity (Wildman–Crippen MR) is 103 cm³/mol. The standard InChI is InChI=1S/C22H24F3N/c1-3-5-21(22(23,24)25)16-26-13-12-18-6-4-7-20(14-18)15-19-10-8-17(2)9-11-19/h3-7,14-16H,1-2,8-13H2/b21-5+,26-16?. The molecule has 0 unspecified atom stereocenters. The van der Waals surface area contributed by atoms with E-state index in [-0.39, 0.29) is 0 Å². The maximum atomic E-state index is 12.7. The molecule has 0 atom stereocenters. The molecule has 0 N–H and O–H groups in total. The molecule has 0 radical (unpaired) electrons. The molecule has 0 amide bonds. The van der Waals surface area contributed by atoms with Crippen molar-refractivity contribution in [1.29, 1.82) is 0 Å². The molecule has 0 aromatic heterocycles. The summed E-state index contributed by atoms with van der Waals surface area (Å²) >= 11 is 0. The first kappa shape index (κ1) is 20.0. The van der Waals surface area contributed by atoms with E-state index in [1.165, 1.54) is 11.1 Å². The van der Waals surface area contributed by atoms with Gasteiger partial charge in [0.25, 0.3) is 0 Å². The van der Waals surface area contributed by atoms with Gasteiger partial charge >= 0.3 is 6.18 Å². The summed E-state index contributed by atoms with van der Waals surface area (Å²) < 4.78 is 38.2. The number of alkyl halides is 3. The van der Waals surface area contributed by atoms with Crippen molar-refractivity contribution in [1.82, 2.24) is 0 Å². The highest BCUT2D eigenvalue weighted by Gasteiger charge is 2.31. The highest BCUT2D eigenvalue weighted by Crippen LogP contribution is 2.28. The van der Waals surface area contributed by atoms with Gasteiger partial charge in [0, 0.05) is 12.8 Å². The summed E-state index contributed by atoms with van der Waals surface area (Å²) in [5.41, 5.74) is 4.16. The van der Waals surface area contributed by atoms with Gasteiger partial charge in [-0.05, 0) is 49.3 Å². The van der Waals surface area contributed by atoms with E-state index in [2.05, 4.69) is 36.4 Å². The minimum absolute atomic E-state index is 0.310. The normalized spacial score (nSPS) is 16.2. The largest absolute Gasteiger partial charge is 0.417 e. The van der Waals surface area contributed by atoms with Gasteiger partial charge in [-0.3, -0.25) is 4.99 Å². The Morgan fingerprint density at radius 3 is 2.54 bits per heavy atom. The molecule has 1 fully saturated rings. The third kappa shape index (κ3) is 6.51. The maximum absolute atomic E-state index is 12.7. The first-order valence-electron chi connectivity index (χ1n) is 8.73. The predicted octanol–water partition coefficient (Wildman–Crippen LogP) is 6.49. The van der Waals surface area contributed by atoms with Crippen LogP contribution in [0, 0.1) is 0 Å². The fourth-order valence-electron chi connectivity index (χ4n) is 2.84. The van der Waals surface area contributed by atoms with Gasteiger partial charge in [-0.1, -0.05) is 60.7 Å². The SMILES string of the molecule is C=C/C=C(\C=NCCc1cccc(C=C2CCC(=C)CC2)c1)C(F)(F)F. The molecule has 2 rings (SSSR count). The Balaban J connectivity index is 1.95. The minimum atomic E-state index is -4.41. The topological polar surface area (TPSA) is 12.4 Å². The number of nitrogens with zero attached hydrogens (tertiary/aromatic N) is 1. The molecule has 26 heavy (non-hydrogen) atoms. The van der Waals surface area contributed by atoms with Crippen molar-refractivity contribution in [3.8, 4) is 0 Å². The first-order valence-corrected chi connectivity index (χ1v) is 8.73. The van der Waals surface area contributed by atoms with Crippen LogP contribution in [0.5, 0.6) is 0 Å². The second-order valence-corrected chi connectivity index (χ2v) is 6.44. The molecule has 1 aliphatic carbocycles.